The third kappa shape index (κ3) is 3.40. The average molecular weight is 314 g/mol. The van der Waals surface area contributed by atoms with Crippen LogP contribution < -0.4 is 5.32 Å². The molecule has 1 saturated heterocycles. The van der Waals surface area contributed by atoms with Crippen molar-refractivity contribution in [2.75, 3.05) is 13.2 Å². The van der Waals surface area contributed by atoms with Gasteiger partial charge >= 0.3 is 0 Å². The smallest absolute Gasteiger partial charge is 0.231 e. The number of hydrogen-bond donors (Lipinski definition) is 1. The summed E-state index contributed by atoms with van der Waals surface area (Å²) in [6.07, 6.45) is 3.99. The van der Waals surface area contributed by atoms with E-state index < -0.39 is 11.2 Å². The first kappa shape index (κ1) is 15.6. The molecule has 23 heavy (non-hydrogen) atoms. The monoisotopic (exact) mass is 314 g/mol. The molecule has 0 saturated carbocycles. The van der Waals surface area contributed by atoms with Crippen molar-refractivity contribution in [2.45, 2.75) is 24.8 Å². The summed E-state index contributed by atoms with van der Waals surface area (Å²) in [5, 5.41) is 2.93. The van der Waals surface area contributed by atoms with E-state index in [4.69, 9.17) is 4.74 Å². The second-order valence-electron chi connectivity index (χ2n) is 5.75. The van der Waals surface area contributed by atoms with Crippen molar-refractivity contribution in [3.63, 3.8) is 0 Å². The van der Waals surface area contributed by atoms with E-state index in [1.807, 2.05) is 30.3 Å². The first-order valence-electron chi connectivity index (χ1n) is 7.72. The fraction of sp³-hybridized carbons (Fsp3) is 0.333. The highest BCUT2D eigenvalue weighted by Gasteiger charge is 2.41. The van der Waals surface area contributed by atoms with Crippen LogP contribution in [-0.4, -0.2) is 24.1 Å². The standard InChI is InChI=1S/C18H19FN2O2/c19-16-10-14(11-20-13-16)12-21-17(22)18(6-8-23-9-7-18)15-4-2-1-3-5-15/h1-5,10-11,13H,6-9,12H2,(H,21,22). The summed E-state index contributed by atoms with van der Waals surface area (Å²) in [7, 11) is 0. The molecule has 1 amide bonds. The normalized spacial score (nSPS) is 16.7. The number of nitrogens with zero attached hydrogens (tertiary/aromatic N) is 1. The largest absolute Gasteiger partial charge is 0.381 e. The Kier molecular flexibility index (Phi) is 4.67. The van der Waals surface area contributed by atoms with E-state index in [1.165, 1.54) is 6.07 Å². The number of nitrogens with one attached hydrogen (secondary N) is 1. The summed E-state index contributed by atoms with van der Waals surface area (Å²) >= 11 is 0. The zero-order valence-corrected chi connectivity index (χ0v) is 12.8. The third-order valence-electron chi connectivity index (χ3n) is 4.32. The number of carbonyl (C=O) groups is 1. The molecule has 0 bridgehead atoms. The van der Waals surface area contributed by atoms with Gasteiger partial charge in [-0.1, -0.05) is 30.3 Å². The summed E-state index contributed by atoms with van der Waals surface area (Å²) in [6, 6.07) is 11.2. The summed E-state index contributed by atoms with van der Waals surface area (Å²) in [5.41, 5.74) is 1.06. The summed E-state index contributed by atoms with van der Waals surface area (Å²) in [6.45, 7) is 1.38. The lowest BCUT2D eigenvalue weighted by atomic mass is 9.73. The Balaban J connectivity index is 1.78. The SMILES string of the molecule is O=C(NCc1cncc(F)c1)C1(c2ccccc2)CCOCC1. The number of rotatable bonds is 4. The molecule has 3 rings (SSSR count). The van der Waals surface area contributed by atoms with Gasteiger partial charge in [-0.05, 0) is 30.0 Å². The first-order valence-corrected chi connectivity index (χ1v) is 7.72. The molecule has 1 aliphatic rings. The van der Waals surface area contributed by atoms with E-state index in [0.717, 1.165) is 11.8 Å². The Labute approximate surface area is 134 Å². The van der Waals surface area contributed by atoms with E-state index >= 15 is 0 Å². The number of halogens is 1. The number of hydrogen-bond acceptors (Lipinski definition) is 3. The van der Waals surface area contributed by atoms with E-state index in [-0.39, 0.29) is 12.5 Å². The number of amides is 1. The maximum Gasteiger partial charge on any atom is 0.231 e. The van der Waals surface area contributed by atoms with Gasteiger partial charge in [0.05, 0.1) is 11.6 Å². The lowest BCUT2D eigenvalue weighted by Crippen LogP contribution is -2.47. The van der Waals surface area contributed by atoms with Crippen LogP contribution in [0.1, 0.15) is 24.0 Å². The van der Waals surface area contributed by atoms with Crippen LogP contribution in [0.4, 0.5) is 4.39 Å². The number of aromatic nitrogens is 1. The van der Waals surface area contributed by atoms with Gasteiger partial charge in [-0.3, -0.25) is 9.78 Å². The fourth-order valence-corrected chi connectivity index (χ4v) is 3.03. The van der Waals surface area contributed by atoms with Crippen LogP contribution in [0, 0.1) is 5.82 Å². The van der Waals surface area contributed by atoms with Crippen molar-refractivity contribution in [3.8, 4) is 0 Å². The van der Waals surface area contributed by atoms with Crippen LogP contribution in [0.3, 0.4) is 0 Å². The first-order chi connectivity index (χ1) is 11.2. The maximum atomic E-state index is 13.2. The molecular weight excluding hydrogens is 295 g/mol. The van der Waals surface area contributed by atoms with Crippen molar-refractivity contribution in [1.82, 2.24) is 10.3 Å². The molecule has 1 aliphatic heterocycles. The topological polar surface area (TPSA) is 51.2 Å². The molecule has 5 heteroatoms. The zero-order valence-electron chi connectivity index (χ0n) is 12.8. The van der Waals surface area contributed by atoms with Gasteiger partial charge in [0.15, 0.2) is 0 Å². The molecule has 1 aromatic carbocycles. The third-order valence-corrected chi connectivity index (χ3v) is 4.32. The minimum atomic E-state index is -0.583. The Hall–Kier alpha value is -2.27. The van der Waals surface area contributed by atoms with Crippen LogP contribution in [0.15, 0.2) is 48.8 Å². The Morgan fingerprint density at radius 3 is 2.65 bits per heavy atom. The highest BCUT2D eigenvalue weighted by atomic mass is 19.1. The van der Waals surface area contributed by atoms with Crippen LogP contribution in [0.2, 0.25) is 0 Å². The molecule has 0 aliphatic carbocycles. The van der Waals surface area contributed by atoms with Gasteiger partial charge in [0.1, 0.15) is 5.82 Å². The molecular formula is C18H19FN2O2. The van der Waals surface area contributed by atoms with E-state index in [2.05, 4.69) is 10.3 Å². The van der Waals surface area contributed by atoms with Crippen LogP contribution in [0.25, 0.3) is 0 Å². The van der Waals surface area contributed by atoms with Crippen LogP contribution in [-0.2, 0) is 21.5 Å². The van der Waals surface area contributed by atoms with Gasteiger partial charge < -0.3 is 10.1 Å². The van der Waals surface area contributed by atoms with Gasteiger partial charge in [-0.2, -0.15) is 0 Å². The van der Waals surface area contributed by atoms with Crippen molar-refractivity contribution in [1.29, 1.82) is 0 Å². The second-order valence-corrected chi connectivity index (χ2v) is 5.75. The summed E-state index contributed by atoms with van der Waals surface area (Å²) in [4.78, 5) is 16.7. The molecule has 1 N–H and O–H groups in total. The highest BCUT2D eigenvalue weighted by Crippen LogP contribution is 2.35. The molecule has 0 spiro atoms. The molecule has 1 fully saturated rings. The van der Waals surface area contributed by atoms with Crippen molar-refractivity contribution in [2.24, 2.45) is 0 Å². The van der Waals surface area contributed by atoms with Gasteiger partial charge in [0.25, 0.3) is 0 Å². The number of benzene rings is 1. The molecule has 2 aromatic rings. The quantitative estimate of drug-likeness (QED) is 0.944. The van der Waals surface area contributed by atoms with Crippen molar-refractivity contribution >= 4 is 5.91 Å². The van der Waals surface area contributed by atoms with E-state index in [0.29, 0.717) is 31.6 Å². The van der Waals surface area contributed by atoms with E-state index in [1.54, 1.807) is 6.20 Å². The molecule has 2 heterocycles. The predicted molar refractivity (Wildman–Crippen MR) is 84.2 cm³/mol. The minimum absolute atomic E-state index is 0.0451. The highest BCUT2D eigenvalue weighted by molar-refractivity contribution is 5.88. The Morgan fingerprint density at radius 1 is 1.22 bits per heavy atom. The average Bonchev–Trinajstić information content (AvgIpc) is 2.61. The molecule has 120 valence electrons. The maximum absolute atomic E-state index is 13.2. The summed E-state index contributed by atoms with van der Waals surface area (Å²) in [5.74, 6) is -0.447. The lowest BCUT2D eigenvalue weighted by molar-refractivity contribution is -0.130. The molecule has 4 nitrogen and oxygen atoms in total. The van der Waals surface area contributed by atoms with Crippen LogP contribution in [0.5, 0.6) is 0 Å². The summed E-state index contributed by atoms with van der Waals surface area (Å²) < 4.78 is 18.6. The van der Waals surface area contributed by atoms with Gasteiger partial charge in [-0.25, -0.2) is 4.39 Å². The molecule has 0 atom stereocenters. The van der Waals surface area contributed by atoms with Gasteiger partial charge in [0.2, 0.25) is 5.91 Å². The van der Waals surface area contributed by atoms with Crippen LogP contribution >= 0.6 is 0 Å². The molecule has 0 radical (unpaired) electrons. The lowest BCUT2D eigenvalue weighted by Gasteiger charge is -2.36. The molecule has 1 aromatic heterocycles. The minimum Gasteiger partial charge on any atom is -0.381 e. The Morgan fingerprint density at radius 2 is 1.96 bits per heavy atom. The Bertz CT molecular complexity index is 670. The van der Waals surface area contributed by atoms with Gasteiger partial charge in [0, 0.05) is 26.0 Å². The number of ether oxygens (including phenoxy) is 1. The second kappa shape index (κ2) is 6.87. The van der Waals surface area contributed by atoms with Crippen molar-refractivity contribution < 1.29 is 13.9 Å². The van der Waals surface area contributed by atoms with Gasteiger partial charge in [-0.15, -0.1) is 0 Å². The fourth-order valence-electron chi connectivity index (χ4n) is 3.03. The zero-order chi connectivity index (χ0) is 16.1. The number of pyridine rings is 1. The van der Waals surface area contributed by atoms with Crippen molar-refractivity contribution in [3.05, 3.63) is 65.7 Å². The number of carbonyl (C=O) groups excluding carboxylic acids is 1. The predicted octanol–water partition coefficient (Wildman–Crippen LogP) is 2.59. The van der Waals surface area contributed by atoms with E-state index in [9.17, 15) is 9.18 Å². The molecule has 0 unspecified atom stereocenters.